The van der Waals surface area contributed by atoms with Gasteiger partial charge in [-0.15, -0.1) is 0 Å². The molecule has 2 saturated heterocycles. The van der Waals surface area contributed by atoms with Crippen LogP contribution in [0.2, 0.25) is 0 Å². The first-order valence-corrected chi connectivity index (χ1v) is 12.4. The van der Waals surface area contributed by atoms with Crippen molar-refractivity contribution in [3.05, 3.63) is 71.9 Å². The van der Waals surface area contributed by atoms with Gasteiger partial charge in [0.15, 0.2) is 0 Å². The number of amides is 1. The number of imidazole rings is 1. The summed E-state index contributed by atoms with van der Waals surface area (Å²) < 4.78 is 19.4. The van der Waals surface area contributed by atoms with Gasteiger partial charge in [0.2, 0.25) is 5.91 Å². The lowest BCUT2D eigenvalue weighted by Gasteiger charge is -2.36. The zero-order valence-corrected chi connectivity index (χ0v) is 20.4. The summed E-state index contributed by atoms with van der Waals surface area (Å²) in [6, 6.07) is 12.0. The number of carbonyl (C=O) groups excluding carboxylic acids is 1. The van der Waals surface area contributed by atoms with Crippen LogP contribution in [0.3, 0.4) is 0 Å². The highest BCUT2D eigenvalue weighted by Gasteiger charge is 2.26. The number of benzene rings is 1. The van der Waals surface area contributed by atoms with Crippen LogP contribution in [0.25, 0.3) is 17.5 Å². The van der Waals surface area contributed by atoms with Crippen molar-refractivity contribution in [2.24, 2.45) is 11.7 Å². The molecule has 4 N–H and O–H groups in total. The first kappa shape index (κ1) is 24.6. The number of aromatic nitrogens is 3. The molecule has 2 atom stereocenters. The Morgan fingerprint density at radius 1 is 1.24 bits per heavy atom. The first-order chi connectivity index (χ1) is 18.0. The Bertz CT molecular complexity index is 1310. The third-order valence-electron chi connectivity index (χ3n) is 6.82. The second-order valence-electron chi connectivity index (χ2n) is 9.31. The molecule has 192 valence electrons. The van der Waals surface area contributed by atoms with Gasteiger partial charge in [0.1, 0.15) is 23.3 Å². The molecule has 2 unspecified atom stereocenters. The van der Waals surface area contributed by atoms with Crippen molar-refractivity contribution in [2.45, 2.75) is 18.9 Å². The van der Waals surface area contributed by atoms with Crippen molar-refractivity contribution in [1.82, 2.24) is 19.9 Å². The Balaban J connectivity index is 1.28. The lowest BCUT2D eigenvalue weighted by atomic mass is 9.97. The maximum Gasteiger partial charge on any atom is 0.222 e. The van der Waals surface area contributed by atoms with Crippen LogP contribution in [-0.4, -0.2) is 64.4 Å². The molecule has 2 aromatic heterocycles. The molecule has 2 aliphatic rings. The van der Waals surface area contributed by atoms with Crippen molar-refractivity contribution < 1.29 is 13.9 Å². The second-order valence-corrected chi connectivity index (χ2v) is 9.31. The van der Waals surface area contributed by atoms with Crippen molar-refractivity contribution in [3.8, 4) is 11.4 Å². The van der Waals surface area contributed by atoms with E-state index in [4.69, 9.17) is 20.9 Å². The number of piperidine rings is 1. The summed E-state index contributed by atoms with van der Waals surface area (Å²) >= 11 is 0. The number of H-pyrrole nitrogens is 1. The molecule has 0 aliphatic carbocycles. The number of ether oxygens (including phenoxy) is 1. The highest BCUT2D eigenvalue weighted by Crippen LogP contribution is 2.26. The molecule has 37 heavy (non-hydrogen) atoms. The van der Waals surface area contributed by atoms with Crippen LogP contribution >= 0.6 is 0 Å². The highest BCUT2D eigenvalue weighted by molar-refractivity contribution is 5.94. The van der Waals surface area contributed by atoms with Crippen LogP contribution in [0.15, 0.2) is 54.7 Å². The van der Waals surface area contributed by atoms with E-state index in [0.29, 0.717) is 38.0 Å². The zero-order valence-electron chi connectivity index (χ0n) is 20.4. The number of rotatable bonds is 6. The SMILES string of the molecule is N=C(/C=C\c1ncc(-c2cccc(N3CCCC(C(N)=O)C3)n2)[nH]1)N1CCOCC1c1cccc(F)c1. The topological polar surface area (TPSA) is 124 Å². The van der Waals surface area contributed by atoms with Gasteiger partial charge in [-0.25, -0.2) is 14.4 Å². The first-order valence-electron chi connectivity index (χ1n) is 12.4. The summed E-state index contributed by atoms with van der Waals surface area (Å²) in [6.45, 7) is 2.84. The smallest absolute Gasteiger partial charge is 0.222 e. The summed E-state index contributed by atoms with van der Waals surface area (Å²) in [5.74, 6) is 0.951. The van der Waals surface area contributed by atoms with E-state index in [1.165, 1.54) is 12.1 Å². The summed E-state index contributed by atoms with van der Waals surface area (Å²) in [6.07, 6.45) is 6.84. The molecule has 10 heteroatoms. The molecular weight excluding hydrogens is 473 g/mol. The monoisotopic (exact) mass is 503 g/mol. The van der Waals surface area contributed by atoms with Gasteiger partial charge in [-0.05, 0) is 54.8 Å². The van der Waals surface area contributed by atoms with Gasteiger partial charge in [-0.2, -0.15) is 0 Å². The molecule has 0 radical (unpaired) electrons. The molecule has 2 aliphatic heterocycles. The lowest BCUT2D eigenvalue weighted by Crippen LogP contribution is -2.42. The summed E-state index contributed by atoms with van der Waals surface area (Å²) in [5.41, 5.74) is 7.79. The minimum atomic E-state index is -0.307. The molecular formula is C27H30FN7O2. The molecule has 1 amide bonds. The minimum absolute atomic E-state index is 0.162. The molecule has 2 fully saturated rings. The highest BCUT2D eigenvalue weighted by atomic mass is 19.1. The van der Waals surface area contributed by atoms with E-state index in [-0.39, 0.29) is 23.7 Å². The number of aromatic amines is 1. The van der Waals surface area contributed by atoms with E-state index < -0.39 is 0 Å². The number of nitrogens with two attached hydrogens (primary N) is 1. The predicted molar refractivity (Wildman–Crippen MR) is 139 cm³/mol. The van der Waals surface area contributed by atoms with Crippen LogP contribution in [0.5, 0.6) is 0 Å². The Labute approximate surface area is 214 Å². The third-order valence-corrected chi connectivity index (χ3v) is 6.82. The van der Waals surface area contributed by atoms with Gasteiger partial charge in [-0.3, -0.25) is 10.2 Å². The van der Waals surface area contributed by atoms with Gasteiger partial charge in [0.25, 0.3) is 0 Å². The Kier molecular flexibility index (Phi) is 7.27. The Hall–Kier alpha value is -4.05. The number of pyridine rings is 1. The third kappa shape index (κ3) is 5.69. The molecule has 9 nitrogen and oxygen atoms in total. The number of amidine groups is 1. The van der Waals surface area contributed by atoms with E-state index in [2.05, 4.69) is 14.9 Å². The van der Waals surface area contributed by atoms with Crippen molar-refractivity contribution >= 4 is 23.6 Å². The number of halogens is 1. The Morgan fingerprint density at radius 3 is 2.95 bits per heavy atom. The van der Waals surface area contributed by atoms with E-state index in [9.17, 15) is 9.18 Å². The fourth-order valence-corrected chi connectivity index (χ4v) is 4.85. The van der Waals surface area contributed by atoms with Crippen LogP contribution in [0.1, 0.15) is 30.3 Å². The molecule has 0 saturated carbocycles. The van der Waals surface area contributed by atoms with Crippen molar-refractivity contribution in [2.75, 3.05) is 37.7 Å². The van der Waals surface area contributed by atoms with Gasteiger partial charge in [-0.1, -0.05) is 18.2 Å². The maximum atomic E-state index is 13.8. The number of primary amides is 1. The van der Waals surface area contributed by atoms with Crippen molar-refractivity contribution in [3.63, 3.8) is 0 Å². The van der Waals surface area contributed by atoms with Gasteiger partial charge in [0, 0.05) is 19.6 Å². The van der Waals surface area contributed by atoms with E-state index in [1.54, 1.807) is 24.4 Å². The van der Waals surface area contributed by atoms with E-state index in [0.717, 1.165) is 42.2 Å². The normalized spacial score (nSPS) is 20.4. The molecule has 5 rings (SSSR count). The van der Waals surface area contributed by atoms with E-state index >= 15 is 0 Å². The summed E-state index contributed by atoms with van der Waals surface area (Å²) in [5, 5.41) is 8.62. The van der Waals surface area contributed by atoms with Gasteiger partial charge >= 0.3 is 0 Å². The van der Waals surface area contributed by atoms with E-state index in [1.807, 2.05) is 29.2 Å². The van der Waals surface area contributed by atoms with Gasteiger partial charge in [0.05, 0.1) is 42.8 Å². The molecule has 1 aromatic carbocycles. The standard InChI is InChI=1S/C27H30FN7O2/c28-20-6-1-4-18(14-20)23-17-37-13-12-35(23)24(29)9-10-25-31-15-22(32-25)21-7-2-8-26(33-21)34-11-3-5-19(16-34)27(30)36/h1-2,4,6-10,14-15,19,23,29H,3,5,11-13,16-17H2,(H2,30,36)(H,31,32)/b10-9-,29-24?. The Morgan fingerprint density at radius 2 is 2.11 bits per heavy atom. The second kappa shape index (κ2) is 10.9. The maximum absolute atomic E-state index is 13.8. The quantitative estimate of drug-likeness (QED) is 0.350. The summed E-state index contributed by atoms with van der Waals surface area (Å²) in [7, 11) is 0. The van der Waals surface area contributed by atoms with Crippen molar-refractivity contribution in [1.29, 1.82) is 5.41 Å². The number of nitrogens with zero attached hydrogens (tertiary/aromatic N) is 4. The number of hydrogen-bond acceptors (Lipinski definition) is 6. The van der Waals surface area contributed by atoms with Crippen LogP contribution in [0, 0.1) is 17.1 Å². The minimum Gasteiger partial charge on any atom is -0.377 e. The molecule has 0 bridgehead atoms. The van der Waals surface area contributed by atoms with Gasteiger partial charge < -0.3 is 25.3 Å². The van der Waals surface area contributed by atoms with Crippen LogP contribution in [0.4, 0.5) is 10.2 Å². The zero-order chi connectivity index (χ0) is 25.8. The largest absolute Gasteiger partial charge is 0.377 e. The fraction of sp³-hybridized carbons (Fsp3) is 0.333. The number of carbonyl (C=O) groups is 1. The number of anilines is 1. The fourth-order valence-electron chi connectivity index (χ4n) is 4.85. The average Bonchev–Trinajstić information content (AvgIpc) is 3.41. The number of morpholine rings is 1. The molecule has 4 heterocycles. The average molecular weight is 504 g/mol. The predicted octanol–water partition coefficient (Wildman–Crippen LogP) is 3.38. The summed E-state index contributed by atoms with van der Waals surface area (Å²) in [4.78, 5) is 28.1. The van der Waals surface area contributed by atoms with Crippen LogP contribution < -0.4 is 10.6 Å². The molecule has 3 aromatic rings. The number of nitrogens with one attached hydrogen (secondary N) is 2. The lowest BCUT2D eigenvalue weighted by molar-refractivity contribution is -0.122. The number of hydrogen-bond donors (Lipinski definition) is 3. The van der Waals surface area contributed by atoms with Crippen LogP contribution in [-0.2, 0) is 9.53 Å². The molecule has 0 spiro atoms.